The van der Waals surface area contributed by atoms with Crippen LogP contribution in [-0.4, -0.2) is 37.9 Å². The zero-order valence-electron chi connectivity index (χ0n) is 15.8. The van der Waals surface area contributed by atoms with E-state index >= 15 is 0 Å². The van der Waals surface area contributed by atoms with Crippen molar-refractivity contribution in [1.29, 1.82) is 0 Å². The van der Waals surface area contributed by atoms with Gasteiger partial charge in [0.1, 0.15) is 6.33 Å². The number of hydrogen-bond acceptors (Lipinski definition) is 5. The Hall–Kier alpha value is -2.12. The first kappa shape index (κ1) is 19.6. The van der Waals surface area contributed by atoms with Crippen molar-refractivity contribution in [2.75, 3.05) is 12.3 Å². The molecule has 3 aromatic rings. The first-order chi connectivity index (χ1) is 13.1. The molecule has 0 unspecified atom stereocenters. The number of carbonyl (C=O) groups is 1. The maximum absolute atomic E-state index is 12.6. The van der Waals surface area contributed by atoms with Gasteiger partial charge in [0.2, 0.25) is 5.91 Å². The Balaban J connectivity index is 1.64. The Morgan fingerprint density at radius 3 is 2.67 bits per heavy atom. The second kappa shape index (κ2) is 9.19. The van der Waals surface area contributed by atoms with Crippen molar-refractivity contribution in [1.82, 2.24) is 19.7 Å². The Morgan fingerprint density at radius 2 is 2.04 bits per heavy atom. The van der Waals surface area contributed by atoms with Gasteiger partial charge in [-0.15, -0.1) is 21.5 Å². The summed E-state index contributed by atoms with van der Waals surface area (Å²) in [6.45, 7) is 7.72. The quantitative estimate of drug-likeness (QED) is 0.519. The minimum atomic E-state index is 0.112. The van der Waals surface area contributed by atoms with Crippen LogP contribution in [0.1, 0.15) is 37.1 Å². The standard InChI is InChI=1S/C20H24N4OS2/c1-4-23(12-18-6-5-11-26-18)19(25)13-27-20-22-21-14-24(20)17-9-7-16(8-10-17)15(2)3/h5-11,14-15H,4,12-13H2,1-3H3. The highest BCUT2D eigenvalue weighted by molar-refractivity contribution is 7.99. The summed E-state index contributed by atoms with van der Waals surface area (Å²) in [5.74, 6) is 0.956. The van der Waals surface area contributed by atoms with Crippen LogP contribution in [-0.2, 0) is 11.3 Å². The summed E-state index contributed by atoms with van der Waals surface area (Å²) in [6, 6.07) is 12.5. The van der Waals surface area contributed by atoms with E-state index in [0.717, 1.165) is 10.8 Å². The van der Waals surface area contributed by atoms with E-state index in [4.69, 9.17) is 0 Å². The fourth-order valence-electron chi connectivity index (χ4n) is 2.70. The van der Waals surface area contributed by atoms with Gasteiger partial charge < -0.3 is 4.90 Å². The molecular formula is C20H24N4OS2. The van der Waals surface area contributed by atoms with Gasteiger partial charge in [-0.1, -0.05) is 43.8 Å². The lowest BCUT2D eigenvalue weighted by Crippen LogP contribution is -2.31. The number of thioether (sulfide) groups is 1. The van der Waals surface area contributed by atoms with E-state index in [2.05, 4.69) is 54.4 Å². The number of aromatic nitrogens is 3. The van der Waals surface area contributed by atoms with Crippen LogP contribution in [0.25, 0.3) is 5.69 Å². The van der Waals surface area contributed by atoms with Crippen LogP contribution in [0, 0.1) is 0 Å². The van der Waals surface area contributed by atoms with E-state index in [1.165, 1.54) is 22.2 Å². The number of amides is 1. The lowest BCUT2D eigenvalue weighted by Gasteiger charge is -2.19. The molecule has 1 aromatic carbocycles. The van der Waals surface area contributed by atoms with Crippen molar-refractivity contribution in [2.24, 2.45) is 0 Å². The SMILES string of the molecule is CCN(Cc1cccs1)C(=O)CSc1nncn1-c1ccc(C(C)C)cc1. The highest BCUT2D eigenvalue weighted by Crippen LogP contribution is 2.22. The molecule has 3 rings (SSSR count). The van der Waals surface area contributed by atoms with Crippen molar-refractivity contribution in [3.8, 4) is 5.69 Å². The van der Waals surface area contributed by atoms with Crippen LogP contribution in [0.15, 0.2) is 53.3 Å². The fourth-order valence-corrected chi connectivity index (χ4v) is 4.26. The van der Waals surface area contributed by atoms with Crippen molar-refractivity contribution in [3.63, 3.8) is 0 Å². The molecule has 0 aliphatic carbocycles. The average molecular weight is 401 g/mol. The summed E-state index contributed by atoms with van der Waals surface area (Å²) >= 11 is 3.10. The van der Waals surface area contributed by atoms with E-state index in [1.54, 1.807) is 17.7 Å². The maximum atomic E-state index is 12.6. The Morgan fingerprint density at radius 1 is 1.26 bits per heavy atom. The third-order valence-electron chi connectivity index (χ3n) is 4.34. The number of benzene rings is 1. The van der Waals surface area contributed by atoms with Crippen molar-refractivity contribution in [3.05, 3.63) is 58.5 Å². The van der Waals surface area contributed by atoms with E-state index in [0.29, 0.717) is 24.8 Å². The van der Waals surface area contributed by atoms with Gasteiger partial charge in [-0.25, -0.2) is 0 Å². The summed E-state index contributed by atoms with van der Waals surface area (Å²) in [5, 5.41) is 11.0. The van der Waals surface area contributed by atoms with Crippen LogP contribution in [0.3, 0.4) is 0 Å². The van der Waals surface area contributed by atoms with Gasteiger partial charge in [0.15, 0.2) is 5.16 Å². The molecule has 0 spiro atoms. The smallest absolute Gasteiger partial charge is 0.233 e. The molecule has 5 nitrogen and oxygen atoms in total. The normalized spacial score (nSPS) is 11.1. The molecule has 0 aliphatic rings. The molecule has 2 aromatic heterocycles. The molecule has 0 saturated carbocycles. The molecule has 27 heavy (non-hydrogen) atoms. The van der Waals surface area contributed by atoms with E-state index in [-0.39, 0.29) is 5.91 Å². The van der Waals surface area contributed by atoms with Gasteiger partial charge in [-0.3, -0.25) is 9.36 Å². The summed E-state index contributed by atoms with van der Waals surface area (Å²) in [5.41, 5.74) is 2.30. The molecule has 7 heteroatoms. The van der Waals surface area contributed by atoms with E-state index < -0.39 is 0 Å². The summed E-state index contributed by atoms with van der Waals surface area (Å²) in [6.07, 6.45) is 1.69. The number of thiophene rings is 1. The van der Waals surface area contributed by atoms with Crippen LogP contribution < -0.4 is 0 Å². The largest absolute Gasteiger partial charge is 0.337 e. The van der Waals surface area contributed by atoms with Gasteiger partial charge in [0, 0.05) is 17.1 Å². The zero-order valence-corrected chi connectivity index (χ0v) is 17.5. The lowest BCUT2D eigenvalue weighted by molar-refractivity contribution is -0.128. The van der Waals surface area contributed by atoms with E-state index in [9.17, 15) is 4.79 Å². The summed E-state index contributed by atoms with van der Waals surface area (Å²) in [4.78, 5) is 15.7. The minimum absolute atomic E-state index is 0.112. The predicted octanol–water partition coefficient (Wildman–Crippen LogP) is 4.59. The van der Waals surface area contributed by atoms with Crippen LogP contribution >= 0.6 is 23.1 Å². The second-order valence-electron chi connectivity index (χ2n) is 6.51. The van der Waals surface area contributed by atoms with Gasteiger partial charge in [-0.05, 0) is 42.0 Å². The molecule has 0 radical (unpaired) electrons. The number of hydrogen-bond donors (Lipinski definition) is 0. The first-order valence-corrected chi connectivity index (χ1v) is 10.9. The number of nitrogens with zero attached hydrogens (tertiary/aromatic N) is 4. The molecule has 0 aliphatic heterocycles. The molecule has 0 fully saturated rings. The molecule has 0 N–H and O–H groups in total. The summed E-state index contributed by atoms with van der Waals surface area (Å²) < 4.78 is 1.93. The third kappa shape index (κ3) is 4.99. The highest BCUT2D eigenvalue weighted by Gasteiger charge is 2.16. The zero-order chi connectivity index (χ0) is 19.2. The lowest BCUT2D eigenvalue weighted by atomic mass is 10.0. The average Bonchev–Trinajstić information content (AvgIpc) is 3.36. The molecule has 0 atom stereocenters. The van der Waals surface area contributed by atoms with Gasteiger partial charge in [0.25, 0.3) is 0 Å². The van der Waals surface area contributed by atoms with Crippen molar-refractivity contribution in [2.45, 2.75) is 38.4 Å². The second-order valence-corrected chi connectivity index (χ2v) is 8.48. The molecule has 2 heterocycles. The monoisotopic (exact) mass is 400 g/mol. The van der Waals surface area contributed by atoms with Crippen LogP contribution in [0.4, 0.5) is 0 Å². The van der Waals surface area contributed by atoms with Crippen molar-refractivity contribution < 1.29 is 4.79 Å². The molecule has 142 valence electrons. The van der Waals surface area contributed by atoms with Gasteiger partial charge in [0.05, 0.1) is 12.3 Å². The van der Waals surface area contributed by atoms with E-state index in [1.807, 2.05) is 27.8 Å². The Bertz CT molecular complexity index is 857. The fraction of sp³-hybridized carbons (Fsp3) is 0.350. The number of carbonyl (C=O) groups excluding carboxylic acids is 1. The first-order valence-electron chi connectivity index (χ1n) is 9.01. The third-order valence-corrected chi connectivity index (χ3v) is 6.13. The minimum Gasteiger partial charge on any atom is -0.337 e. The van der Waals surface area contributed by atoms with Crippen molar-refractivity contribution >= 4 is 29.0 Å². The molecule has 1 amide bonds. The Labute approximate surface area is 168 Å². The number of rotatable bonds is 8. The summed E-state index contributed by atoms with van der Waals surface area (Å²) in [7, 11) is 0. The van der Waals surface area contributed by atoms with Gasteiger partial charge in [-0.2, -0.15) is 0 Å². The topological polar surface area (TPSA) is 51.0 Å². The molecule has 0 saturated heterocycles. The molecule has 0 bridgehead atoms. The van der Waals surface area contributed by atoms with Crippen LogP contribution in [0.2, 0.25) is 0 Å². The maximum Gasteiger partial charge on any atom is 0.233 e. The highest BCUT2D eigenvalue weighted by atomic mass is 32.2. The molecular weight excluding hydrogens is 376 g/mol. The Kier molecular flexibility index (Phi) is 6.68. The predicted molar refractivity (Wildman–Crippen MR) is 112 cm³/mol. The van der Waals surface area contributed by atoms with Crippen LogP contribution in [0.5, 0.6) is 0 Å². The van der Waals surface area contributed by atoms with Gasteiger partial charge >= 0.3 is 0 Å².